The van der Waals surface area contributed by atoms with Crippen molar-refractivity contribution in [3.05, 3.63) is 28.7 Å². The predicted octanol–water partition coefficient (Wildman–Crippen LogP) is 3.37. The lowest BCUT2D eigenvalue weighted by atomic mass is 10.3. The molecule has 0 aliphatic heterocycles. The maximum absolute atomic E-state index is 5.93. The number of anilines is 2. The van der Waals surface area contributed by atoms with E-state index in [9.17, 15) is 0 Å². The highest BCUT2D eigenvalue weighted by molar-refractivity contribution is 7.09. The standard InChI is InChI=1S/C16H24N4OS/c1-3-7-20(8-4-2)13-11-14(17)19-15(12-13)21-9-5-16-18-6-10-22-16/h6,10-12H,3-5,7-9H2,1-2H3,(H2,17,19). The lowest BCUT2D eigenvalue weighted by molar-refractivity contribution is 0.310. The summed E-state index contributed by atoms with van der Waals surface area (Å²) in [6.45, 7) is 6.94. The van der Waals surface area contributed by atoms with Crippen LogP contribution in [-0.2, 0) is 6.42 Å². The Morgan fingerprint density at radius 2 is 2.00 bits per heavy atom. The maximum Gasteiger partial charge on any atom is 0.217 e. The van der Waals surface area contributed by atoms with Gasteiger partial charge in [0.2, 0.25) is 5.88 Å². The first-order chi connectivity index (χ1) is 10.7. The van der Waals surface area contributed by atoms with Gasteiger partial charge in [-0.25, -0.2) is 4.98 Å². The molecular weight excluding hydrogens is 296 g/mol. The van der Waals surface area contributed by atoms with E-state index in [-0.39, 0.29) is 0 Å². The minimum absolute atomic E-state index is 0.499. The zero-order valence-corrected chi connectivity index (χ0v) is 14.1. The summed E-state index contributed by atoms with van der Waals surface area (Å²) in [5.74, 6) is 1.09. The van der Waals surface area contributed by atoms with Gasteiger partial charge < -0.3 is 15.4 Å². The van der Waals surface area contributed by atoms with Gasteiger partial charge in [0, 0.05) is 48.9 Å². The second-order valence-corrected chi connectivity index (χ2v) is 6.08. The van der Waals surface area contributed by atoms with E-state index in [0.717, 1.165) is 43.0 Å². The van der Waals surface area contributed by atoms with Gasteiger partial charge in [-0.15, -0.1) is 11.3 Å². The summed E-state index contributed by atoms with van der Waals surface area (Å²) in [5.41, 5.74) is 7.01. The molecule has 0 aromatic carbocycles. The number of nitrogen functional groups attached to an aromatic ring is 1. The maximum atomic E-state index is 5.93. The molecule has 0 aliphatic carbocycles. The van der Waals surface area contributed by atoms with Gasteiger partial charge in [0.05, 0.1) is 11.6 Å². The number of hydrogen-bond acceptors (Lipinski definition) is 6. The molecule has 5 nitrogen and oxygen atoms in total. The van der Waals surface area contributed by atoms with E-state index in [2.05, 4.69) is 28.7 Å². The molecule has 0 amide bonds. The van der Waals surface area contributed by atoms with E-state index < -0.39 is 0 Å². The summed E-state index contributed by atoms with van der Waals surface area (Å²) in [4.78, 5) is 10.8. The molecule has 2 aromatic heterocycles. The van der Waals surface area contributed by atoms with Gasteiger partial charge in [-0.1, -0.05) is 13.8 Å². The molecule has 2 aromatic rings. The second-order valence-electron chi connectivity index (χ2n) is 5.10. The molecule has 2 rings (SSSR count). The highest BCUT2D eigenvalue weighted by atomic mass is 32.1. The topological polar surface area (TPSA) is 64.3 Å². The lowest BCUT2D eigenvalue weighted by Crippen LogP contribution is -2.25. The summed E-state index contributed by atoms with van der Waals surface area (Å²) < 4.78 is 5.76. The Bertz CT molecular complexity index is 553. The Kier molecular flexibility index (Phi) is 6.45. The van der Waals surface area contributed by atoms with Gasteiger partial charge in [0.15, 0.2) is 0 Å². The van der Waals surface area contributed by atoms with Gasteiger partial charge in [-0.05, 0) is 12.8 Å². The Labute approximate surface area is 136 Å². The van der Waals surface area contributed by atoms with Crippen LogP contribution in [0.3, 0.4) is 0 Å². The van der Waals surface area contributed by atoms with Crippen molar-refractivity contribution in [3.63, 3.8) is 0 Å². The summed E-state index contributed by atoms with van der Waals surface area (Å²) >= 11 is 1.64. The third-order valence-corrected chi connectivity index (χ3v) is 4.05. The molecular formula is C16H24N4OS. The number of aromatic nitrogens is 2. The minimum atomic E-state index is 0.499. The lowest BCUT2D eigenvalue weighted by Gasteiger charge is -2.24. The third-order valence-electron chi connectivity index (χ3n) is 3.21. The van der Waals surface area contributed by atoms with Crippen molar-refractivity contribution in [1.82, 2.24) is 9.97 Å². The summed E-state index contributed by atoms with van der Waals surface area (Å²) in [5, 5.41) is 3.04. The van der Waals surface area contributed by atoms with Gasteiger partial charge in [-0.2, -0.15) is 4.98 Å². The molecule has 0 radical (unpaired) electrons. The van der Waals surface area contributed by atoms with E-state index in [4.69, 9.17) is 10.5 Å². The number of hydrogen-bond donors (Lipinski definition) is 1. The molecule has 2 heterocycles. The van der Waals surface area contributed by atoms with Crippen LogP contribution in [0.25, 0.3) is 0 Å². The summed E-state index contributed by atoms with van der Waals surface area (Å²) in [6.07, 6.45) is 4.80. The average Bonchev–Trinajstić information content (AvgIpc) is 3.00. The third kappa shape index (κ3) is 4.87. The molecule has 0 saturated carbocycles. The predicted molar refractivity (Wildman–Crippen MR) is 92.8 cm³/mol. The highest BCUT2D eigenvalue weighted by Gasteiger charge is 2.09. The number of thiazole rings is 1. The molecule has 0 unspecified atom stereocenters. The molecule has 0 fully saturated rings. The fourth-order valence-corrected chi connectivity index (χ4v) is 2.90. The monoisotopic (exact) mass is 320 g/mol. The van der Waals surface area contributed by atoms with Crippen LogP contribution < -0.4 is 15.4 Å². The first kappa shape index (κ1) is 16.5. The zero-order chi connectivity index (χ0) is 15.8. The highest BCUT2D eigenvalue weighted by Crippen LogP contribution is 2.23. The molecule has 2 N–H and O–H groups in total. The fourth-order valence-electron chi connectivity index (χ4n) is 2.30. The van der Waals surface area contributed by atoms with Crippen molar-refractivity contribution in [3.8, 4) is 5.88 Å². The summed E-state index contributed by atoms with van der Waals surface area (Å²) in [6, 6.07) is 3.89. The molecule has 0 atom stereocenters. The first-order valence-corrected chi connectivity index (χ1v) is 8.64. The van der Waals surface area contributed by atoms with Crippen LogP contribution in [0.4, 0.5) is 11.5 Å². The SMILES string of the molecule is CCCN(CCC)c1cc(N)nc(OCCc2nccs2)c1. The van der Waals surface area contributed by atoms with Crippen molar-refractivity contribution in [2.45, 2.75) is 33.1 Å². The number of nitrogens with zero attached hydrogens (tertiary/aromatic N) is 3. The first-order valence-electron chi connectivity index (χ1n) is 7.76. The van der Waals surface area contributed by atoms with Crippen molar-refractivity contribution in [2.24, 2.45) is 0 Å². The summed E-state index contributed by atoms with van der Waals surface area (Å²) in [7, 11) is 0. The largest absolute Gasteiger partial charge is 0.477 e. The normalized spacial score (nSPS) is 10.6. The zero-order valence-electron chi connectivity index (χ0n) is 13.3. The van der Waals surface area contributed by atoms with E-state index in [1.807, 2.05) is 23.7 Å². The average molecular weight is 320 g/mol. The quantitative estimate of drug-likeness (QED) is 0.767. The molecule has 0 aliphatic rings. The van der Waals surface area contributed by atoms with Gasteiger partial charge in [0.1, 0.15) is 5.82 Å². The van der Waals surface area contributed by atoms with Crippen molar-refractivity contribution in [1.29, 1.82) is 0 Å². The van der Waals surface area contributed by atoms with Gasteiger partial charge in [0.25, 0.3) is 0 Å². The smallest absolute Gasteiger partial charge is 0.217 e. The Morgan fingerprint density at radius 1 is 1.23 bits per heavy atom. The molecule has 120 valence electrons. The van der Waals surface area contributed by atoms with Crippen LogP contribution >= 0.6 is 11.3 Å². The number of ether oxygens (including phenoxy) is 1. The van der Waals surface area contributed by atoms with Crippen LogP contribution in [0.1, 0.15) is 31.7 Å². The van der Waals surface area contributed by atoms with Crippen LogP contribution in [0.15, 0.2) is 23.7 Å². The van der Waals surface area contributed by atoms with Crippen molar-refractivity contribution in [2.75, 3.05) is 30.3 Å². The Hall–Kier alpha value is -1.82. The van der Waals surface area contributed by atoms with E-state index in [1.165, 1.54) is 0 Å². The van der Waals surface area contributed by atoms with Crippen LogP contribution in [0.2, 0.25) is 0 Å². The number of rotatable bonds is 9. The fraction of sp³-hybridized carbons (Fsp3) is 0.500. The van der Waals surface area contributed by atoms with E-state index in [0.29, 0.717) is 18.3 Å². The van der Waals surface area contributed by atoms with E-state index in [1.54, 1.807) is 11.3 Å². The van der Waals surface area contributed by atoms with Crippen LogP contribution in [0.5, 0.6) is 5.88 Å². The molecule has 22 heavy (non-hydrogen) atoms. The molecule has 0 spiro atoms. The van der Waals surface area contributed by atoms with Crippen LogP contribution in [-0.4, -0.2) is 29.7 Å². The Balaban J connectivity index is 2.01. The molecule has 0 saturated heterocycles. The number of pyridine rings is 1. The molecule has 6 heteroatoms. The minimum Gasteiger partial charge on any atom is -0.477 e. The molecule has 0 bridgehead atoms. The van der Waals surface area contributed by atoms with E-state index >= 15 is 0 Å². The number of nitrogens with two attached hydrogens (primary N) is 1. The second kappa shape index (κ2) is 8.58. The Morgan fingerprint density at radius 3 is 2.64 bits per heavy atom. The van der Waals surface area contributed by atoms with Crippen molar-refractivity contribution < 1.29 is 4.74 Å². The van der Waals surface area contributed by atoms with Crippen LogP contribution in [0, 0.1) is 0 Å². The van der Waals surface area contributed by atoms with Gasteiger partial charge >= 0.3 is 0 Å². The van der Waals surface area contributed by atoms with Gasteiger partial charge in [-0.3, -0.25) is 0 Å². The van der Waals surface area contributed by atoms with Crippen molar-refractivity contribution >= 4 is 22.8 Å².